The number of nitrogens with zero attached hydrogens (tertiary/aromatic N) is 4. The van der Waals surface area contributed by atoms with E-state index < -0.39 is 64.3 Å². The van der Waals surface area contributed by atoms with Crippen molar-refractivity contribution in [2.24, 2.45) is 0 Å². The second-order valence-corrected chi connectivity index (χ2v) is 23.8. The van der Waals surface area contributed by atoms with Gasteiger partial charge in [0.1, 0.15) is 0 Å². The molecule has 2 aromatic heterocycles. The number of halogens is 15. The van der Waals surface area contributed by atoms with Gasteiger partial charge in [0.25, 0.3) is 0 Å². The number of hydrogen-bond donors (Lipinski definition) is 0. The van der Waals surface area contributed by atoms with Gasteiger partial charge in [-0.2, -0.15) is 76.4 Å². The predicted molar refractivity (Wildman–Crippen MR) is 341 cm³/mol. The lowest BCUT2D eigenvalue weighted by molar-refractivity contribution is -0.138. The number of aromatic nitrogens is 2. The Kier molecular flexibility index (Phi) is 15.2. The van der Waals surface area contributed by atoms with Crippen molar-refractivity contribution in [1.82, 2.24) is 9.13 Å². The number of alkyl halides is 15. The van der Waals surface area contributed by atoms with Crippen LogP contribution in [0.4, 0.5) is 65.9 Å². The van der Waals surface area contributed by atoms with Crippen molar-refractivity contribution in [3.63, 3.8) is 0 Å². The summed E-state index contributed by atoms with van der Waals surface area (Å²) < 4.78 is 225. The Morgan fingerprint density at radius 3 is 0.938 bits per heavy atom. The van der Waals surface area contributed by atoms with Gasteiger partial charge in [-0.15, -0.1) is 0 Å². The number of aryl methyl sites for hydroxylation is 4. The Morgan fingerprint density at radius 1 is 0.292 bits per heavy atom. The van der Waals surface area contributed by atoms with Gasteiger partial charge in [-0.05, 0) is 233 Å². The molecule has 2 heterocycles. The zero-order valence-corrected chi connectivity index (χ0v) is 50.5. The molecule has 0 radical (unpaired) electrons. The van der Waals surface area contributed by atoms with Gasteiger partial charge in [-0.3, -0.25) is 0 Å². The number of hydrogen-bond acceptors (Lipinski definition) is 2. The third-order valence-electron chi connectivity index (χ3n) is 17.2. The minimum Gasteiger partial charge on any atom is -0.309 e. The van der Waals surface area contributed by atoms with Crippen LogP contribution in [0.1, 0.15) is 61.2 Å². The number of rotatable bonds is 8. The molecule has 0 aliphatic heterocycles. The molecule has 0 N–H and O–H groups in total. The van der Waals surface area contributed by atoms with Gasteiger partial charge < -0.3 is 9.13 Å². The minimum absolute atomic E-state index is 0.0147. The van der Waals surface area contributed by atoms with Crippen LogP contribution in [0.15, 0.2) is 200 Å². The fourth-order valence-electron chi connectivity index (χ4n) is 13.1. The summed E-state index contributed by atoms with van der Waals surface area (Å²) in [5.41, 5.74) is -1.98. The molecule has 13 aromatic rings. The molecular formula is C77H45F15N4. The topological polar surface area (TPSA) is 57.4 Å². The van der Waals surface area contributed by atoms with Crippen molar-refractivity contribution in [1.29, 1.82) is 10.5 Å². The zero-order valence-electron chi connectivity index (χ0n) is 50.5. The van der Waals surface area contributed by atoms with E-state index in [1.807, 2.05) is 0 Å². The molecular weight excluding hydrogens is 1270 g/mol. The first-order chi connectivity index (χ1) is 45.2. The van der Waals surface area contributed by atoms with Crippen molar-refractivity contribution >= 4 is 43.6 Å². The van der Waals surface area contributed by atoms with E-state index in [9.17, 15) is 63.2 Å². The first-order valence-electron chi connectivity index (χ1n) is 29.5. The highest BCUT2D eigenvalue weighted by Crippen LogP contribution is 2.51. The Hall–Kier alpha value is -11.1. The van der Waals surface area contributed by atoms with Crippen molar-refractivity contribution in [2.45, 2.75) is 58.6 Å². The van der Waals surface area contributed by atoms with Gasteiger partial charge in [-0.1, -0.05) is 72.8 Å². The molecule has 13 rings (SSSR count). The molecule has 0 aliphatic carbocycles. The Labute approximate surface area is 537 Å². The normalized spacial score (nSPS) is 12.5. The van der Waals surface area contributed by atoms with E-state index in [-0.39, 0.29) is 106 Å². The standard InChI is InChI=1S/C77H45F15N4/c1-40-21-50(30-54(25-40)73(78,79)80)45-12-17-65-60(34-45)61-35-46(51-22-41(2)26-55(31-51)74(81,82)83)13-18-66(61)95(65)69-9-5-7-49(39-94)71(69)72-59(58-16-11-44(38-93)29-64(58)77(90,91)92)8-6-10-70(72)96-67-19-14-47(52-23-42(3)27-56(32-52)75(84,85)86)36-62(67)63-37-48(15-20-68(63)96)53-24-43(4)28-57(33-53)76(87,88)89/h5-37H,1-4H3. The zero-order chi connectivity index (χ0) is 68.5. The molecule has 19 heteroatoms. The second-order valence-electron chi connectivity index (χ2n) is 23.8. The monoisotopic (exact) mass is 1310 g/mol. The van der Waals surface area contributed by atoms with Crippen LogP contribution in [-0.4, -0.2) is 9.13 Å². The average molecular weight is 1310 g/mol. The summed E-state index contributed by atoms with van der Waals surface area (Å²) in [6, 6.07) is 49.0. The van der Waals surface area contributed by atoms with Crippen molar-refractivity contribution in [2.75, 3.05) is 0 Å². The third kappa shape index (κ3) is 11.5. The third-order valence-corrected chi connectivity index (χ3v) is 17.2. The minimum atomic E-state index is -5.14. The average Bonchev–Trinajstić information content (AvgIpc) is 1.51. The SMILES string of the molecule is Cc1cc(-c2ccc3c(c2)c2cc(-c4cc(C)cc(C(F)(F)F)c4)ccc2n3-c2cccc(C#N)c2-c2c(-c3ccc(C#N)cc3C(F)(F)F)cccc2-n2c3ccc(-c4cc(C)cc(C(F)(F)F)c4)cc3c3cc(-c4cc(C)cc(C(F)(F)F)c4)ccc32)cc(C(F)(F)F)c1. The molecule has 0 bridgehead atoms. The van der Waals surface area contributed by atoms with Crippen LogP contribution in [0.5, 0.6) is 0 Å². The van der Waals surface area contributed by atoms with Gasteiger partial charge in [-0.25, -0.2) is 0 Å². The highest BCUT2D eigenvalue weighted by Gasteiger charge is 2.38. The van der Waals surface area contributed by atoms with Crippen molar-refractivity contribution in [3.8, 4) is 90.3 Å². The number of nitriles is 2. The number of fused-ring (bicyclic) bond motifs is 6. The van der Waals surface area contributed by atoms with E-state index in [0.717, 1.165) is 54.6 Å². The summed E-state index contributed by atoms with van der Waals surface area (Å²) in [7, 11) is 0. The van der Waals surface area contributed by atoms with Crippen LogP contribution < -0.4 is 0 Å². The molecule has 0 spiro atoms. The lowest BCUT2D eigenvalue weighted by Gasteiger charge is -2.24. The second kappa shape index (κ2) is 22.9. The summed E-state index contributed by atoms with van der Waals surface area (Å²) in [6.45, 7) is 5.97. The fraction of sp³-hybridized carbons (Fsp3) is 0.117. The molecule has 0 atom stereocenters. The Bertz CT molecular complexity index is 5240. The van der Waals surface area contributed by atoms with Crippen LogP contribution >= 0.6 is 0 Å². The van der Waals surface area contributed by atoms with Crippen molar-refractivity contribution in [3.05, 3.63) is 261 Å². The van der Waals surface area contributed by atoms with Gasteiger partial charge in [0.05, 0.1) is 84.5 Å². The maximum atomic E-state index is 15.9. The van der Waals surface area contributed by atoms with E-state index in [0.29, 0.717) is 49.8 Å². The van der Waals surface area contributed by atoms with Gasteiger partial charge in [0.15, 0.2) is 0 Å². The first kappa shape index (κ1) is 63.7. The molecule has 0 saturated carbocycles. The maximum absolute atomic E-state index is 15.9. The van der Waals surface area contributed by atoms with E-state index in [1.165, 1.54) is 58.0 Å². The molecule has 0 saturated heterocycles. The van der Waals surface area contributed by atoms with Gasteiger partial charge in [0.2, 0.25) is 0 Å². The van der Waals surface area contributed by atoms with Crippen LogP contribution in [0.25, 0.3) is 122 Å². The molecule has 4 nitrogen and oxygen atoms in total. The maximum Gasteiger partial charge on any atom is 0.417 e. The summed E-state index contributed by atoms with van der Waals surface area (Å²) in [6.07, 6.45) is -24.2. The summed E-state index contributed by atoms with van der Waals surface area (Å²) in [4.78, 5) is 0. The van der Waals surface area contributed by atoms with Crippen LogP contribution in [-0.2, 0) is 30.9 Å². The Morgan fingerprint density at radius 2 is 0.625 bits per heavy atom. The molecule has 0 fully saturated rings. The van der Waals surface area contributed by atoms with Crippen molar-refractivity contribution < 1.29 is 65.9 Å². The summed E-state index contributed by atoms with van der Waals surface area (Å²) in [5.74, 6) is 0. The van der Waals surface area contributed by atoms with Gasteiger partial charge in [0, 0.05) is 32.7 Å². The molecule has 96 heavy (non-hydrogen) atoms. The van der Waals surface area contributed by atoms with E-state index in [1.54, 1.807) is 124 Å². The molecule has 0 unspecified atom stereocenters. The summed E-state index contributed by atoms with van der Waals surface area (Å²) in [5, 5.41) is 22.9. The highest BCUT2D eigenvalue weighted by molar-refractivity contribution is 6.15. The van der Waals surface area contributed by atoms with Crippen LogP contribution in [0.3, 0.4) is 0 Å². The predicted octanol–water partition coefficient (Wildman–Crippen LogP) is 24.0. The molecule has 0 amide bonds. The van der Waals surface area contributed by atoms with E-state index in [2.05, 4.69) is 6.07 Å². The first-order valence-corrected chi connectivity index (χ1v) is 29.5. The lowest BCUT2D eigenvalue weighted by atomic mass is 9.86. The Balaban J connectivity index is 1.16. The number of benzene rings is 11. The molecule has 478 valence electrons. The quantitative estimate of drug-likeness (QED) is 0.142. The van der Waals surface area contributed by atoms with E-state index in [4.69, 9.17) is 0 Å². The lowest BCUT2D eigenvalue weighted by Crippen LogP contribution is -2.09. The largest absolute Gasteiger partial charge is 0.417 e. The summed E-state index contributed by atoms with van der Waals surface area (Å²) >= 11 is 0. The molecule has 0 aliphatic rings. The van der Waals surface area contributed by atoms with Crippen LogP contribution in [0.2, 0.25) is 0 Å². The van der Waals surface area contributed by atoms with E-state index >= 15 is 13.2 Å². The smallest absolute Gasteiger partial charge is 0.309 e. The molecule has 11 aromatic carbocycles. The van der Waals surface area contributed by atoms with Crippen LogP contribution in [0, 0.1) is 50.4 Å². The fourth-order valence-corrected chi connectivity index (χ4v) is 13.1. The van der Waals surface area contributed by atoms with Gasteiger partial charge >= 0.3 is 30.9 Å². The highest BCUT2D eigenvalue weighted by atomic mass is 19.4.